The molecule has 0 radical (unpaired) electrons. The van der Waals surface area contributed by atoms with Crippen molar-refractivity contribution in [2.75, 3.05) is 0 Å². The summed E-state index contributed by atoms with van der Waals surface area (Å²) in [4.78, 5) is 0. The molecular weight excluding hydrogens is 360 g/mol. The molecule has 0 heterocycles. The van der Waals surface area contributed by atoms with E-state index in [0.717, 1.165) is 10.9 Å². The van der Waals surface area contributed by atoms with E-state index in [1.54, 1.807) is 0 Å². The third kappa shape index (κ3) is 4.18. The quantitative estimate of drug-likeness (QED) is 0.409. The Kier molecular flexibility index (Phi) is 6.17. The van der Waals surface area contributed by atoms with E-state index in [0.29, 0.717) is 5.92 Å². The summed E-state index contributed by atoms with van der Waals surface area (Å²) in [6, 6.07) is 25.9. The molecule has 144 valence electrons. The molecule has 1 saturated carbocycles. The predicted molar refractivity (Wildman–Crippen MR) is 122 cm³/mol. The van der Waals surface area contributed by atoms with Gasteiger partial charge in [0, 0.05) is 5.02 Å². The number of halogens is 1. The van der Waals surface area contributed by atoms with Gasteiger partial charge in [0.05, 0.1) is 0 Å². The van der Waals surface area contributed by atoms with Crippen LogP contribution in [0.5, 0.6) is 0 Å². The highest BCUT2D eigenvalue weighted by Crippen LogP contribution is 2.44. The summed E-state index contributed by atoms with van der Waals surface area (Å²) in [5.74, 6) is 1.50. The number of rotatable bonds is 5. The lowest BCUT2D eigenvalue weighted by Crippen LogP contribution is -2.14. The molecule has 0 N–H and O–H groups in total. The zero-order valence-electron chi connectivity index (χ0n) is 16.7. The first-order valence-electron chi connectivity index (χ1n) is 10.7. The van der Waals surface area contributed by atoms with Gasteiger partial charge in [-0.25, -0.2) is 0 Å². The Labute approximate surface area is 174 Å². The molecule has 1 aliphatic rings. The Balaban J connectivity index is 1.61. The summed E-state index contributed by atoms with van der Waals surface area (Å²) < 4.78 is 0. The Morgan fingerprint density at radius 1 is 0.714 bits per heavy atom. The molecule has 0 unspecified atom stereocenters. The fraction of sp³-hybridized carbons (Fsp3) is 0.333. The number of benzene rings is 3. The summed E-state index contributed by atoms with van der Waals surface area (Å²) in [6.45, 7) is 2.30. The lowest BCUT2D eigenvalue weighted by Gasteiger charge is -2.30. The average Bonchev–Trinajstić information content (AvgIpc) is 2.75. The molecule has 28 heavy (non-hydrogen) atoms. The molecule has 3 aromatic rings. The van der Waals surface area contributed by atoms with Crippen LogP contribution in [-0.2, 0) is 0 Å². The molecule has 0 aliphatic heterocycles. The van der Waals surface area contributed by atoms with Crippen LogP contribution >= 0.6 is 11.6 Å². The molecule has 1 aliphatic carbocycles. The molecule has 0 bridgehead atoms. The molecule has 0 aromatic heterocycles. The van der Waals surface area contributed by atoms with Gasteiger partial charge in [0.2, 0.25) is 0 Å². The van der Waals surface area contributed by atoms with E-state index in [4.69, 9.17) is 11.6 Å². The van der Waals surface area contributed by atoms with Gasteiger partial charge in [-0.3, -0.25) is 0 Å². The molecule has 1 fully saturated rings. The number of hydrogen-bond acceptors (Lipinski definition) is 0. The standard InChI is InChI=1S/C27H29Cl/c1-2-7-20-12-14-24(15-13-20)27-25(10-6-11-26(27)28)23-18-16-22(17-19-23)21-8-4-3-5-9-21/h3-6,8-11,16-20,24H,2,7,12-15H2,1H3. The van der Waals surface area contributed by atoms with E-state index in [1.165, 1.54) is 66.3 Å². The van der Waals surface area contributed by atoms with Gasteiger partial charge in [0.1, 0.15) is 0 Å². The van der Waals surface area contributed by atoms with Gasteiger partial charge >= 0.3 is 0 Å². The maximum absolute atomic E-state index is 6.74. The van der Waals surface area contributed by atoms with Crippen LogP contribution in [0.3, 0.4) is 0 Å². The maximum atomic E-state index is 6.74. The Morgan fingerprint density at radius 2 is 1.36 bits per heavy atom. The molecular formula is C27H29Cl. The van der Waals surface area contributed by atoms with Crippen molar-refractivity contribution in [1.29, 1.82) is 0 Å². The largest absolute Gasteiger partial charge is 0.0840 e. The summed E-state index contributed by atoms with van der Waals surface area (Å²) >= 11 is 6.74. The molecule has 0 saturated heterocycles. The highest BCUT2D eigenvalue weighted by Gasteiger charge is 2.25. The second-order valence-corrected chi connectivity index (χ2v) is 8.56. The van der Waals surface area contributed by atoms with Gasteiger partial charge in [-0.05, 0) is 71.4 Å². The van der Waals surface area contributed by atoms with Crippen LogP contribution in [0.4, 0.5) is 0 Å². The van der Waals surface area contributed by atoms with E-state index >= 15 is 0 Å². The predicted octanol–water partition coefficient (Wildman–Crippen LogP) is 8.75. The average molecular weight is 389 g/mol. The second-order valence-electron chi connectivity index (χ2n) is 8.15. The Hall–Kier alpha value is -2.05. The minimum atomic E-state index is 0.589. The zero-order valence-corrected chi connectivity index (χ0v) is 17.5. The smallest absolute Gasteiger partial charge is 0.0447 e. The first-order valence-corrected chi connectivity index (χ1v) is 11.1. The topological polar surface area (TPSA) is 0 Å². The molecule has 0 atom stereocenters. The lowest BCUT2D eigenvalue weighted by atomic mass is 9.75. The highest BCUT2D eigenvalue weighted by molar-refractivity contribution is 6.31. The molecule has 0 amide bonds. The van der Waals surface area contributed by atoms with E-state index in [9.17, 15) is 0 Å². The molecule has 0 spiro atoms. The summed E-state index contributed by atoms with van der Waals surface area (Å²) in [6.07, 6.45) is 7.91. The molecule has 4 rings (SSSR count). The van der Waals surface area contributed by atoms with Crippen LogP contribution in [0.15, 0.2) is 72.8 Å². The monoisotopic (exact) mass is 388 g/mol. The Morgan fingerprint density at radius 3 is 2.04 bits per heavy atom. The van der Waals surface area contributed by atoms with Crippen molar-refractivity contribution in [1.82, 2.24) is 0 Å². The van der Waals surface area contributed by atoms with Crippen molar-refractivity contribution in [3.63, 3.8) is 0 Å². The molecule has 0 nitrogen and oxygen atoms in total. The minimum Gasteiger partial charge on any atom is -0.0840 e. The molecule has 1 heteroatoms. The Bertz CT molecular complexity index is 887. The van der Waals surface area contributed by atoms with Crippen molar-refractivity contribution in [3.8, 4) is 22.3 Å². The molecule has 3 aromatic carbocycles. The van der Waals surface area contributed by atoms with Crippen molar-refractivity contribution in [3.05, 3.63) is 83.4 Å². The van der Waals surface area contributed by atoms with E-state index < -0.39 is 0 Å². The minimum absolute atomic E-state index is 0.589. The van der Waals surface area contributed by atoms with Crippen LogP contribution in [0.1, 0.15) is 56.9 Å². The van der Waals surface area contributed by atoms with Crippen LogP contribution in [0.2, 0.25) is 5.02 Å². The normalized spacial score (nSPS) is 19.5. The summed E-state index contributed by atoms with van der Waals surface area (Å²) in [5.41, 5.74) is 6.47. The van der Waals surface area contributed by atoms with Crippen LogP contribution in [0.25, 0.3) is 22.3 Å². The van der Waals surface area contributed by atoms with Gasteiger partial charge in [-0.15, -0.1) is 0 Å². The van der Waals surface area contributed by atoms with Crippen LogP contribution in [0, 0.1) is 5.92 Å². The lowest BCUT2D eigenvalue weighted by molar-refractivity contribution is 0.308. The van der Waals surface area contributed by atoms with E-state index in [1.807, 2.05) is 0 Å². The van der Waals surface area contributed by atoms with Gasteiger partial charge < -0.3 is 0 Å². The van der Waals surface area contributed by atoms with Crippen molar-refractivity contribution in [2.45, 2.75) is 51.4 Å². The zero-order chi connectivity index (χ0) is 19.3. The fourth-order valence-corrected chi connectivity index (χ4v) is 5.15. The van der Waals surface area contributed by atoms with Crippen molar-refractivity contribution in [2.24, 2.45) is 5.92 Å². The fourth-order valence-electron chi connectivity index (χ4n) is 4.82. The summed E-state index contributed by atoms with van der Waals surface area (Å²) in [5, 5.41) is 0.934. The van der Waals surface area contributed by atoms with Crippen molar-refractivity contribution >= 4 is 11.6 Å². The van der Waals surface area contributed by atoms with Gasteiger partial charge in [-0.2, -0.15) is 0 Å². The first-order chi connectivity index (χ1) is 13.8. The maximum Gasteiger partial charge on any atom is 0.0447 e. The number of hydrogen-bond donors (Lipinski definition) is 0. The van der Waals surface area contributed by atoms with Crippen LogP contribution < -0.4 is 0 Å². The second kappa shape index (κ2) is 8.97. The van der Waals surface area contributed by atoms with Gasteiger partial charge in [-0.1, -0.05) is 98.1 Å². The van der Waals surface area contributed by atoms with Gasteiger partial charge in [0.25, 0.3) is 0 Å². The van der Waals surface area contributed by atoms with Gasteiger partial charge in [0.15, 0.2) is 0 Å². The first kappa shape index (κ1) is 19.3. The summed E-state index contributed by atoms with van der Waals surface area (Å²) in [7, 11) is 0. The van der Waals surface area contributed by atoms with Crippen LogP contribution in [-0.4, -0.2) is 0 Å². The third-order valence-corrected chi connectivity index (χ3v) is 6.64. The highest BCUT2D eigenvalue weighted by atomic mass is 35.5. The third-order valence-electron chi connectivity index (χ3n) is 6.31. The SMILES string of the molecule is CCCC1CCC(c2c(Cl)cccc2-c2ccc(-c3ccccc3)cc2)CC1. The van der Waals surface area contributed by atoms with E-state index in [2.05, 4.69) is 79.7 Å². The van der Waals surface area contributed by atoms with Crippen molar-refractivity contribution < 1.29 is 0 Å². The van der Waals surface area contributed by atoms with E-state index in [-0.39, 0.29) is 0 Å².